The Morgan fingerprint density at radius 1 is 1.41 bits per heavy atom. The Morgan fingerprint density at radius 2 is 2.00 bits per heavy atom. The van der Waals surface area contributed by atoms with Gasteiger partial charge in [0, 0.05) is 16.3 Å². The Morgan fingerprint density at radius 3 is 2.47 bits per heavy atom. The molecule has 0 aromatic heterocycles. The number of oxime groups is 1. The fourth-order valence-corrected chi connectivity index (χ4v) is 2.92. The highest BCUT2D eigenvalue weighted by molar-refractivity contribution is 9.10. The average Bonchev–Trinajstić information content (AvgIpc) is 2.20. The summed E-state index contributed by atoms with van der Waals surface area (Å²) in [5.41, 5.74) is 1.95. The number of hydrogen-bond donors (Lipinski definition) is 0. The van der Waals surface area contributed by atoms with Crippen LogP contribution in [0.4, 0.5) is 0 Å². The van der Waals surface area contributed by atoms with Gasteiger partial charge >= 0.3 is 0 Å². The molecule has 0 saturated heterocycles. The van der Waals surface area contributed by atoms with Gasteiger partial charge in [-0.05, 0) is 31.5 Å². The SMILES string of the molecule is CO/N=C(\C)c1c(S(C)(=O)=O)ccc(Br)c1C. The molecule has 0 unspecified atom stereocenters. The molecule has 0 bridgehead atoms. The first-order valence-corrected chi connectivity index (χ1v) is 7.54. The fraction of sp³-hybridized carbons (Fsp3) is 0.364. The summed E-state index contributed by atoms with van der Waals surface area (Å²) >= 11 is 3.38. The summed E-state index contributed by atoms with van der Waals surface area (Å²) in [4.78, 5) is 4.96. The molecule has 0 aliphatic rings. The maximum Gasteiger partial charge on any atom is 0.176 e. The zero-order valence-corrected chi connectivity index (χ0v) is 12.5. The second-order valence-corrected chi connectivity index (χ2v) is 6.52. The maximum atomic E-state index is 11.7. The molecular weight excluding hydrogens is 306 g/mol. The van der Waals surface area contributed by atoms with E-state index in [1.807, 2.05) is 6.92 Å². The van der Waals surface area contributed by atoms with Gasteiger partial charge in [-0.3, -0.25) is 0 Å². The van der Waals surface area contributed by atoms with Crippen molar-refractivity contribution in [3.8, 4) is 0 Å². The van der Waals surface area contributed by atoms with E-state index >= 15 is 0 Å². The summed E-state index contributed by atoms with van der Waals surface area (Å²) in [6.45, 7) is 3.55. The van der Waals surface area contributed by atoms with E-state index < -0.39 is 9.84 Å². The summed E-state index contributed by atoms with van der Waals surface area (Å²) in [6.07, 6.45) is 1.18. The number of hydrogen-bond acceptors (Lipinski definition) is 4. The minimum atomic E-state index is -3.29. The predicted octanol–water partition coefficient (Wildman–Crippen LogP) is 2.53. The van der Waals surface area contributed by atoms with Crippen molar-refractivity contribution >= 4 is 31.5 Å². The number of nitrogens with zero attached hydrogens (tertiary/aromatic N) is 1. The molecule has 0 aliphatic heterocycles. The third kappa shape index (κ3) is 3.07. The van der Waals surface area contributed by atoms with E-state index in [2.05, 4.69) is 21.1 Å². The molecule has 1 aromatic rings. The van der Waals surface area contributed by atoms with Crippen molar-refractivity contribution in [2.45, 2.75) is 18.7 Å². The predicted molar refractivity (Wildman–Crippen MR) is 71.2 cm³/mol. The fourth-order valence-electron chi connectivity index (χ4n) is 1.60. The van der Waals surface area contributed by atoms with Gasteiger partial charge in [-0.2, -0.15) is 0 Å². The van der Waals surface area contributed by atoms with Gasteiger partial charge in [0.15, 0.2) is 9.84 Å². The topological polar surface area (TPSA) is 55.7 Å². The van der Waals surface area contributed by atoms with Crippen LogP contribution in [0.1, 0.15) is 18.1 Å². The van der Waals surface area contributed by atoms with Gasteiger partial charge in [0.1, 0.15) is 7.11 Å². The third-order valence-electron chi connectivity index (χ3n) is 2.35. The lowest BCUT2D eigenvalue weighted by molar-refractivity contribution is 0.213. The number of rotatable bonds is 3. The van der Waals surface area contributed by atoms with Crippen LogP contribution in [0.15, 0.2) is 26.7 Å². The number of sulfone groups is 1. The van der Waals surface area contributed by atoms with Crippen LogP contribution in [0.25, 0.3) is 0 Å². The van der Waals surface area contributed by atoms with Crippen molar-refractivity contribution in [2.75, 3.05) is 13.4 Å². The maximum absolute atomic E-state index is 11.7. The molecule has 0 heterocycles. The highest BCUT2D eigenvalue weighted by Crippen LogP contribution is 2.27. The van der Waals surface area contributed by atoms with E-state index in [1.165, 1.54) is 13.4 Å². The second kappa shape index (κ2) is 5.18. The van der Waals surface area contributed by atoms with Crippen LogP contribution in [0, 0.1) is 6.92 Å². The smallest absolute Gasteiger partial charge is 0.176 e. The molecule has 0 saturated carbocycles. The monoisotopic (exact) mass is 319 g/mol. The molecule has 1 aromatic carbocycles. The summed E-state index contributed by atoms with van der Waals surface area (Å²) < 4.78 is 24.3. The van der Waals surface area contributed by atoms with Crippen molar-refractivity contribution in [1.82, 2.24) is 0 Å². The van der Waals surface area contributed by atoms with Crippen LogP contribution >= 0.6 is 15.9 Å². The Labute approximate surface area is 110 Å². The van der Waals surface area contributed by atoms with Gasteiger partial charge in [0.2, 0.25) is 0 Å². The van der Waals surface area contributed by atoms with E-state index in [-0.39, 0.29) is 4.90 Å². The van der Waals surface area contributed by atoms with Crippen LogP contribution in [0.2, 0.25) is 0 Å². The first kappa shape index (κ1) is 14.2. The Kier molecular flexibility index (Phi) is 4.32. The van der Waals surface area contributed by atoms with E-state index in [4.69, 9.17) is 4.84 Å². The highest BCUT2D eigenvalue weighted by Gasteiger charge is 2.19. The molecule has 0 aliphatic carbocycles. The molecule has 94 valence electrons. The lowest BCUT2D eigenvalue weighted by Gasteiger charge is -2.12. The Bertz CT molecular complexity index is 564. The van der Waals surface area contributed by atoms with Crippen molar-refractivity contribution in [3.63, 3.8) is 0 Å². The zero-order valence-electron chi connectivity index (χ0n) is 10.1. The van der Waals surface area contributed by atoms with Crippen LogP contribution in [0.5, 0.6) is 0 Å². The Balaban J connectivity index is 3.65. The molecule has 17 heavy (non-hydrogen) atoms. The molecule has 0 amide bonds. The minimum absolute atomic E-state index is 0.261. The first-order valence-electron chi connectivity index (χ1n) is 4.86. The lowest BCUT2D eigenvalue weighted by Crippen LogP contribution is -2.09. The molecule has 4 nitrogen and oxygen atoms in total. The van der Waals surface area contributed by atoms with Gasteiger partial charge in [-0.15, -0.1) is 0 Å². The third-order valence-corrected chi connectivity index (χ3v) is 4.35. The van der Waals surface area contributed by atoms with Gasteiger partial charge in [0.05, 0.1) is 10.6 Å². The first-order chi connectivity index (χ1) is 7.79. The van der Waals surface area contributed by atoms with Crippen LogP contribution in [-0.4, -0.2) is 27.5 Å². The van der Waals surface area contributed by atoms with Crippen molar-refractivity contribution in [2.24, 2.45) is 5.16 Å². The van der Waals surface area contributed by atoms with E-state index in [9.17, 15) is 8.42 Å². The van der Waals surface area contributed by atoms with E-state index in [1.54, 1.807) is 19.1 Å². The summed E-state index contributed by atoms with van der Waals surface area (Å²) in [5, 5.41) is 3.80. The second-order valence-electron chi connectivity index (χ2n) is 3.68. The van der Waals surface area contributed by atoms with Crippen molar-refractivity contribution in [3.05, 3.63) is 27.7 Å². The van der Waals surface area contributed by atoms with E-state index in [0.717, 1.165) is 10.0 Å². The molecule has 6 heteroatoms. The van der Waals surface area contributed by atoms with Crippen LogP contribution in [0.3, 0.4) is 0 Å². The number of benzene rings is 1. The Hall–Kier alpha value is -0.880. The molecule has 1 rings (SSSR count). The lowest BCUT2D eigenvalue weighted by atomic mass is 10.1. The highest BCUT2D eigenvalue weighted by atomic mass is 79.9. The quantitative estimate of drug-likeness (QED) is 0.635. The molecule has 0 radical (unpaired) electrons. The normalized spacial score (nSPS) is 12.6. The van der Waals surface area contributed by atoms with Gasteiger partial charge < -0.3 is 4.84 Å². The molecule has 0 fully saturated rings. The largest absolute Gasteiger partial charge is 0.399 e. The minimum Gasteiger partial charge on any atom is -0.399 e. The summed E-state index contributed by atoms with van der Waals surface area (Å²) in [5.74, 6) is 0. The average molecular weight is 320 g/mol. The van der Waals surface area contributed by atoms with Crippen molar-refractivity contribution < 1.29 is 13.3 Å². The molecule has 0 atom stereocenters. The van der Waals surface area contributed by atoms with Crippen LogP contribution in [-0.2, 0) is 14.7 Å². The van der Waals surface area contributed by atoms with Gasteiger partial charge in [-0.25, -0.2) is 8.42 Å². The summed E-state index contributed by atoms with van der Waals surface area (Å²) in [7, 11) is -1.87. The summed E-state index contributed by atoms with van der Waals surface area (Å²) in [6, 6.07) is 3.28. The molecule has 0 N–H and O–H groups in total. The van der Waals surface area contributed by atoms with E-state index in [0.29, 0.717) is 11.3 Å². The van der Waals surface area contributed by atoms with Gasteiger partial charge in [-0.1, -0.05) is 21.1 Å². The van der Waals surface area contributed by atoms with Gasteiger partial charge in [0.25, 0.3) is 0 Å². The van der Waals surface area contributed by atoms with Crippen LogP contribution < -0.4 is 0 Å². The molecular formula is C11H14BrNO3S. The molecule has 0 spiro atoms. The zero-order chi connectivity index (χ0) is 13.2. The number of halogens is 1. The standard InChI is InChI=1S/C11H14BrNO3S/c1-7-9(12)5-6-10(17(4,14)15)11(7)8(2)13-16-3/h5-6H,1-4H3/b13-8+. The van der Waals surface area contributed by atoms with Crippen molar-refractivity contribution in [1.29, 1.82) is 0 Å².